The van der Waals surface area contributed by atoms with Crippen LogP contribution in [0.15, 0.2) is 48.8 Å². The number of benzene rings is 1. The van der Waals surface area contributed by atoms with Crippen molar-refractivity contribution in [2.45, 2.75) is 0 Å². The minimum Gasteiger partial charge on any atom is -0.478 e. The first-order chi connectivity index (χ1) is 8.74. The van der Waals surface area contributed by atoms with E-state index < -0.39 is 5.97 Å². The lowest BCUT2D eigenvalue weighted by Gasteiger charge is -2.02. The molecule has 0 amide bonds. The number of rotatable bonds is 4. The molecule has 5 heteroatoms. The van der Waals surface area contributed by atoms with E-state index in [9.17, 15) is 4.79 Å². The number of hydrogen-bond acceptors (Lipinski definition) is 4. The van der Waals surface area contributed by atoms with Crippen LogP contribution in [0.25, 0.3) is 6.08 Å². The maximum absolute atomic E-state index is 10.4. The van der Waals surface area contributed by atoms with Crippen molar-refractivity contribution in [2.75, 3.05) is 0 Å². The predicted molar refractivity (Wildman–Crippen MR) is 65.2 cm³/mol. The molecule has 0 saturated carbocycles. The quantitative estimate of drug-likeness (QED) is 0.833. The summed E-state index contributed by atoms with van der Waals surface area (Å²) in [6, 6.07) is 8.91. The number of nitrogens with zero attached hydrogens (tertiary/aromatic N) is 2. The third-order valence-corrected chi connectivity index (χ3v) is 2.05. The van der Waals surface area contributed by atoms with Gasteiger partial charge in [0.2, 0.25) is 0 Å². The Kier molecular flexibility index (Phi) is 3.66. The molecule has 0 atom stereocenters. The summed E-state index contributed by atoms with van der Waals surface area (Å²) in [6.45, 7) is 0. The maximum atomic E-state index is 10.4. The highest BCUT2D eigenvalue weighted by Crippen LogP contribution is 2.18. The maximum Gasteiger partial charge on any atom is 0.328 e. The van der Waals surface area contributed by atoms with Gasteiger partial charge in [-0.1, -0.05) is 12.1 Å². The molecule has 2 aromatic rings. The van der Waals surface area contributed by atoms with Gasteiger partial charge in [-0.15, -0.1) is 0 Å². The number of carboxylic acid groups (broad SMARTS) is 1. The molecule has 1 aromatic carbocycles. The first-order valence-corrected chi connectivity index (χ1v) is 5.20. The van der Waals surface area contributed by atoms with Crippen molar-refractivity contribution < 1.29 is 14.6 Å². The summed E-state index contributed by atoms with van der Waals surface area (Å²) >= 11 is 0. The highest BCUT2D eigenvalue weighted by Gasteiger charge is 1.98. The number of hydrogen-bond donors (Lipinski definition) is 1. The minimum atomic E-state index is -0.979. The zero-order chi connectivity index (χ0) is 12.8. The van der Waals surface area contributed by atoms with Crippen LogP contribution in [-0.4, -0.2) is 21.0 Å². The Bertz CT molecular complexity index is 550. The monoisotopic (exact) mass is 242 g/mol. The molecule has 5 nitrogen and oxygen atoms in total. The molecule has 0 aliphatic heterocycles. The second-order valence-corrected chi connectivity index (χ2v) is 3.37. The van der Waals surface area contributed by atoms with E-state index in [-0.39, 0.29) is 6.01 Å². The lowest BCUT2D eigenvalue weighted by Crippen LogP contribution is -1.90. The Morgan fingerprint density at radius 1 is 1.17 bits per heavy atom. The van der Waals surface area contributed by atoms with Crippen LogP contribution in [0.5, 0.6) is 11.8 Å². The van der Waals surface area contributed by atoms with Crippen LogP contribution in [-0.2, 0) is 4.79 Å². The fourth-order valence-corrected chi connectivity index (χ4v) is 1.26. The van der Waals surface area contributed by atoms with Crippen molar-refractivity contribution >= 4 is 12.0 Å². The van der Waals surface area contributed by atoms with Crippen LogP contribution >= 0.6 is 0 Å². The fraction of sp³-hybridized carbons (Fsp3) is 0. The number of aromatic nitrogens is 2. The lowest BCUT2D eigenvalue weighted by molar-refractivity contribution is -0.131. The Balaban J connectivity index is 2.06. The second kappa shape index (κ2) is 5.58. The molecule has 0 aliphatic rings. The van der Waals surface area contributed by atoms with Gasteiger partial charge in [-0.05, 0) is 29.8 Å². The molecule has 1 heterocycles. The topological polar surface area (TPSA) is 72.3 Å². The molecule has 1 N–H and O–H groups in total. The average Bonchev–Trinajstić information content (AvgIpc) is 2.39. The molecule has 0 spiro atoms. The molecule has 0 bridgehead atoms. The first kappa shape index (κ1) is 11.8. The molecule has 90 valence electrons. The van der Waals surface area contributed by atoms with Gasteiger partial charge in [-0.3, -0.25) is 0 Å². The van der Waals surface area contributed by atoms with Gasteiger partial charge in [0.1, 0.15) is 5.75 Å². The normalized spacial score (nSPS) is 10.4. The molecule has 0 saturated heterocycles. The van der Waals surface area contributed by atoms with Crippen LogP contribution in [0.4, 0.5) is 0 Å². The average molecular weight is 242 g/mol. The predicted octanol–water partition coefficient (Wildman–Crippen LogP) is 2.37. The molecule has 0 fully saturated rings. The molecule has 0 aliphatic carbocycles. The first-order valence-electron chi connectivity index (χ1n) is 5.20. The zero-order valence-corrected chi connectivity index (χ0v) is 9.35. The summed E-state index contributed by atoms with van der Waals surface area (Å²) in [5.41, 5.74) is 0.777. The van der Waals surface area contributed by atoms with E-state index in [4.69, 9.17) is 9.84 Å². The molecule has 1 aromatic heterocycles. The Morgan fingerprint density at radius 2 is 1.83 bits per heavy atom. The van der Waals surface area contributed by atoms with Crippen molar-refractivity contribution in [3.8, 4) is 11.8 Å². The molecule has 18 heavy (non-hydrogen) atoms. The third-order valence-electron chi connectivity index (χ3n) is 2.05. The standard InChI is InChI=1S/C13H10N2O3/c16-12(17)7-4-10-2-5-11(6-3-10)18-13-14-8-1-9-15-13/h1-9H,(H,16,17)/b7-4+. The Morgan fingerprint density at radius 3 is 2.44 bits per heavy atom. The summed E-state index contributed by atoms with van der Waals surface area (Å²) in [5, 5.41) is 8.50. The molecular weight excluding hydrogens is 232 g/mol. The minimum absolute atomic E-state index is 0.270. The summed E-state index contributed by atoms with van der Waals surface area (Å²) in [7, 11) is 0. The highest BCUT2D eigenvalue weighted by atomic mass is 16.5. The van der Waals surface area contributed by atoms with Crippen molar-refractivity contribution in [1.29, 1.82) is 0 Å². The zero-order valence-electron chi connectivity index (χ0n) is 9.35. The van der Waals surface area contributed by atoms with Gasteiger partial charge in [0.05, 0.1) is 0 Å². The van der Waals surface area contributed by atoms with Crippen LogP contribution < -0.4 is 4.74 Å². The van der Waals surface area contributed by atoms with Crippen LogP contribution in [0.1, 0.15) is 5.56 Å². The van der Waals surface area contributed by atoms with Crippen molar-refractivity contribution in [1.82, 2.24) is 9.97 Å². The van der Waals surface area contributed by atoms with E-state index >= 15 is 0 Å². The molecule has 2 rings (SSSR count). The second-order valence-electron chi connectivity index (χ2n) is 3.37. The van der Waals surface area contributed by atoms with Gasteiger partial charge in [-0.25, -0.2) is 14.8 Å². The smallest absolute Gasteiger partial charge is 0.328 e. The van der Waals surface area contributed by atoms with Gasteiger partial charge < -0.3 is 9.84 Å². The Hall–Kier alpha value is -2.69. The summed E-state index contributed by atoms with van der Waals surface area (Å²) < 4.78 is 5.40. The highest BCUT2D eigenvalue weighted by molar-refractivity contribution is 5.85. The molecular formula is C13H10N2O3. The largest absolute Gasteiger partial charge is 0.478 e. The summed E-state index contributed by atoms with van der Waals surface area (Å²) in [5.74, 6) is -0.387. The van der Waals surface area contributed by atoms with E-state index in [0.29, 0.717) is 5.75 Å². The fourth-order valence-electron chi connectivity index (χ4n) is 1.26. The third kappa shape index (κ3) is 3.41. The number of carbonyl (C=O) groups is 1. The van der Waals surface area contributed by atoms with E-state index in [1.54, 1.807) is 42.7 Å². The van der Waals surface area contributed by atoms with Crippen LogP contribution in [0.3, 0.4) is 0 Å². The van der Waals surface area contributed by atoms with Gasteiger partial charge in [-0.2, -0.15) is 0 Å². The lowest BCUT2D eigenvalue weighted by atomic mass is 10.2. The van der Waals surface area contributed by atoms with E-state index in [1.807, 2.05) is 0 Å². The van der Waals surface area contributed by atoms with Gasteiger partial charge >= 0.3 is 12.0 Å². The summed E-state index contributed by atoms with van der Waals surface area (Å²) in [6.07, 6.45) is 5.76. The van der Waals surface area contributed by atoms with Crippen LogP contribution in [0.2, 0.25) is 0 Å². The molecule has 0 radical (unpaired) electrons. The molecule has 0 unspecified atom stereocenters. The van der Waals surface area contributed by atoms with Crippen molar-refractivity contribution in [2.24, 2.45) is 0 Å². The SMILES string of the molecule is O=C(O)/C=C/c1ccc(Oc2ncccn2)cc1. The Labute approximate surface area is 103 Å². The van der Waals surface area contributed by atoms with E-state index in [0.717, 1.165) is 11.6 Å². The number of aliphatic carboxylic acids is 1. The van der Waals surface area contributed by atoms with Gasteiger partial charge in [0.25, 0.3) is 0 Å². The van der Waals surface area contributed by atoms with E-state index in [2.05, 4.69) is 9.97 Å². The number of carboxylic acids is 1. The van der Waals surface area contributed by atoms with Gasteiger partial charge in [0, 0.05) is 18.5 Å². The van der Waals surface area contributed by atoms with E-state index in [1.165, 1.54) is 6.08 Å². The number of ether oxygens (including phenoxy) is 1. The van der Waals surface area contributed by atoms with Crippen molar-refractivity contribution in [3.05, 3.63) is 54.4 Å². The summed E-state index contributed by atoms with van der Waals surface area (Å²) in [4.78, 5) is 18.2. The van der Waals surface area contributed by atoms with Gasteiger partial charge in [0.15, 0.2) is 0 Å². The van der Waals surface area contributed by atoms with Crippen molar-refractivity contribution in [3.63, 3.8) is 0 Å². The van der Waals surface area contributed by atoms with Crippen LogP contribution in [0, 0.1) is 0 Å².